The van der Waals surface area contributed by atoms with E-state index in [9.17, 15) is 9.59 Å². The molecule has 0 bridgehead atoms. The monoisotopic (exact) mass is 336 g/mol. The highest BCUT2D eigenvalue weighted by Crippen LogP contribution is 2.32. The Kier molecular flexibility index (Phi) is 5.80. The highest BCUT2D eigenvalue weighted by molar-refractivity contribution is 5.86. The summed E-state index contributed by atoms with van der Waals surface area (Å²) < 4.78 is 5.03. The Hall–Kier alpha value is -1.10. The van der Waals surface area contributed by atoms with E-state index in [1.807, 2.05) is 4.90 Å². The van der Waals surface area contributed by atoms with Crippen LogP contribution >= 0.6 is 0 Å². The van der Waals surface area contributed by atoms with E-state index in [1.54, 1.807) is 0 Å². The van der Waals surface area contributed by atoms with Gasteiger partial charge >= 0.3 is 5.97 Å². The van der Waals surface area contributed by atoms with Crippen molar-refractivity contribution < 1.29 is 14.3 Å². The zero-order valence-corrected chi connectivity index (χ0v) is 15.2. The average molecular weight is 336 g/mol. The number of likely N-dealkylation sites (tertiary alicyclic amines) is 2. The summed E-state index contributed by atoms with van der Waals surface area (Å²) in [7, 11) is 1.44. The van der Waals surface area contributed by atoms with Gasteiger partial charge in [-0.05, 0) is 70.4 Å². The number of methoxy groups -OCH3 is 1. The standard InChI is InChI=1S/C19H32N2O3/c1-14-5-7-15(8-6-14)18(22)21-12-9-16(20-10-3-4-11-20)13-17(21)19(23)24-2/h14-17H,3-13H2,1-2H3. The van der Waals surface area contributed by atoms with Gasteiger partial charge in [-0.2, -0.15) is 0 Å². The summed E-state index contributed by atoms with van der Waals surface area (Å²) >= 11 is 0. The molecule has 2 saturated heterocycles. The molecule has 3 aliphatic rings. The molecule has 0 aromatic carbocycles. The number of ether oxygens (including phenoxy) is 1. The Bertz CT molecular complexity index is 454. The normalized spacial score (nSPS) is 35.0. The van der Waals surface area contributed by atoms with Gasteiger partial charge in [0.1, 0.15) is 6.04 Å². The lowest BCUT2D eigenvalue weighted by atomic mass is 9.81. The van der Waals surface area contributed by atoms with E-state index in [1.165, 1.54) is 20.0 Å². The van der Waals surface area contributed by atoms with E-state index in [2.05, 4.69) is 11.8 Å². The first kappa shape index (κ1) is 17.7. The van der Waals surface area contributed by atoms with Crippen LogP contribution < -0.4 is 0 Å². The Morgan fingerprint density at radius 3 is 2.25 bits per heavy atom. The molecule has 3 rings (SSSR count). The molecule has 5 nitrogen and oxygen atoms in total. The van der Waals surface area contributed by atoms with Gasteiger partial charge in [0.2, 0.25) is 5.91 Å². The van der Waals surface area contributed by atoms with Crippen LogP contribution in [0.4, 0.5) is 0 Å². The molecule has 5 heteroatoms. The number of hydrogen-bond acceptors (Lipinski definition) is 4. The highest BCUT2D eigenvalue weighted by atomic mass is 16.5. The van der Waals surface area contributed by atoms with Crippen LogP contribution in [0, 0.1) is 11.8 Å². The fourth-order valence-electron chi connectivity index (χ4n) is 4.75. The largest absolute Gasteiger partial charge is 0.467 e. The minimum absolute atomic E-state index is 0.108. The molecule has 24 heavy (non-hydrogen) atoms. The van der Waals surface area contributed by atoms with Crippen molar-refractivity contribution in [2.24, 2.45) is 11.8 Å². The third-order valence-corrected chi connectivity index (χ3v) is 6.35. The van der Waals surface area contributed by atoms with Crippen LogP contribution in [-0.4, -0.2) is 60.5 Å². The molecule has 1 saturated carbocycles. The first-order chi connectivity index (χ1) is 11.6. The van der Waals surface area contributed by atoms with Gasteiger partial charge in [-0.15, -0.1) is 0 Å². The molecule has 0 radical (unpaired) electrons. The second-order valence-electron chi connectivity index (χ2n) is 7.95. The van der Waals surface area contributed by atoms with Gasteiger partial charge in [0.25, 0.3) is 0 Å². The second kappa shape index (κ2) is 7.85. The maximum atomic E-state index is 13.0. The van der Waals surface area contributed by atoms with Gasteiger partial charge < -0.3 is 14.5 Å². The Morgan fingerprint density at radius 1 is 0.958 bits per heavy atom. The van der Waals surface area contributed by atoms with Crippen LogP contribution in [0.5, 0.6) is 0 Å². The summed E-state index contributed by atoms with van der Waals surface area (Å²) in [5.74, 6) is 0.789. The predicted molar refractivity (Wildman–Crippen MR) is 92.5 cm³/mol. The lowest BCUT2D eigenvalue weighted by Gasteiger charge is -2.42. The molecule has 0 N–H and O–H groups in total. The van der Waals surface area contributed by atoms with E-state index < -0.39 is 0 Å². The molecule has 1 aliphatic carbocycles. The molecule has 2 atom stereocenters. The molecule has 1 amide bonds. The van der Waals surface area contributed by atoms with Crippen molar-refractivity contribution in [2.75, 3.05) is 26.7 Å². The summed E-state index contributed by atoms with van der Waals surface area (Å²) in [5, 5.41) is 0. The smallest absolute Gasteiger partial charge is 0.328 e. The highest BCUT2D eigenvalue weighted by Gasteiger charge is 2.41. The molecular formula is C19H32N2O3. The molecule has 2 aliphatic heterocycles. The van der Waals surface area contributed by atoms with E-state index in [4.69, 9.17) is 4.74 Å². The van der Waals surface area contributed by atoms with Gasteiger partial charge in [-0.25, -0.2) is 4.79 Å². The number of rotatable bonds is 3. The van der Waals surface area contributed by atoms with Crippen molar-refractivity contribution in [1.82, 2.24) is 9.80 Å². The molecule has 2 heterocycles. The van der Waals surface area contributed by atoms with Crippen LogP contribution in [0.15, 0.2) is 0 Å². The quantitative estimate of drug-likeness (QED) is 0.743. The van der Waals surface area contributed by atoms with E-state index in [0.29, 0.717) is 12.6 Å². The number of amides is 1. The average Bonchev–Trinajstić information content (AvgIpc) is 3.15. The van der Waals surface area contributed by atoms with Crippen LogP contribution in [0.3, 0.4) is 0 Å². The van der Waals surface area contributed by atoms with Crippen molar-refractivity contribution in [3.05, 3.63) is 0 Å². The van der Waals surface area contributed by atoms with E-state index in [0.717, 1.165) is 57.5 Å². The maximum Gasteiger partial charge on any atom is 0.328 e. The second-order valence-corrected chi connectivity index (χ2v) is 7.95. The van der Waals surface area contributed by atoms with Crippen LogP contribution in [0.25, 0.3) is 0 Å². The minimum Gasteiger partial charge on any atom is -0.467 e. The summed E-state index contributed by atoms with van der Waals surface area (Å²) in [5.41, 5.74) is 0. The summed E-state index contributed by atoms with van der Waals surface area (Å²) in [6.45, 7) is 5.23. The Balaban J connectivity index is 1.67. The zero-order valence-electron chi connectivity index (χ0n) is 15.2. The number of nitrogens with zero attached hydrogens (tertiary/aromatic N) is 2. The predicted octanol–water partition coefficient (Wildman–Crippen LogP) is 2.44. The SMILES string of the molecule is COC(=O)C1CC(N2CCCC2)CCN1C(=O)C1CCC(C)CC1. The van der Waals surface area contributed by atoms with E-state index in [-0.39, 0.29) is 23.8 Å². The van der Waals surface area contributed by atoms with Gasteiger partial charge in [-0.3, -0.25) is 4.79 Å². The van der Waals surface area contributed by atoms with Crippen LogP contribution in [0.1, 0.15) is 58.3 Å². The van der Waals surface area contributed by atoms with Crippen molar-refractivity contribution in [1.29, 1.82) is 0 Å². The first-order valence-electron chi connectivity index (χ1n) is 9.72. The molecule has 0 aromatic rings. The third kappa shape index (κ3) is 3.76. The molecule has 0 spiro atoms. The molecule has 0 aromatic heterocycles. The third-order valence-electron chi connectivity index (χ3n) is 6.35. The molecule has 2 unspecified atom stereocenters. The lowest BCUT2D eigenvalue weighted by molar-refractivity contribution is -0.158. The van der Waals surface area contributed by atoms with Crippen LogP contribution in [-0.2, 0) is 14.3 Å². The van der Waals surface area contributed by atoms with Crippen molar-refractivity contribution in [3.8, 4) is 0 Å². The van der Waals surface area contributed by atoms with Crippen molar-refractivity contribution >= 4 is 11.9 Å². The first-order valence-corrected chi connectivity index (χ1v) is 9.72. The zero-order chi connectivity index (χ0) is 17.1. The van der Waals surface area contributed by atoms with Gasteiger partial charge in [-0.1, -0.05) is 6.92 Å². The number of piperidine rings is 1. The minimum atomic E-state index is -0.388. The molecule has 3 fully saturated rings. The number of carbonyl (C=O) groups is 2. The summed E-state index contributed by atoms with van der Waals surface area (Å²) in [4.78, 5) is 29.7. The van der Waals surface area contributed by atoms with Crippen molar-refractivity contribution in [2.45, 2.75) is 70.4 Å². The molecule has 136 valence electrons. The van der Waals surface area contributed by atoms with E-state index >= 15 is 0 Å². The Labute approximate surface area is 145 Å². The topological polar surface area (TPSA) is 49.9 Å². The van der Waals surface area contributed by atoms with Gasteiger partial charge in [0.05, 0.1) is 7.11 Å². The fourth-order valence-corrected chi connectivity index (χ4v) is 4.75. The number of hydrogen-bond donors (Lipinski definition) is 0. The summed E-state index contributed by atoms with van der Waals surface area (Å²) in [6, 6.07) is 0.0354. The number of esters is 1. The van der Waals surface area contributed by atoms with Crippen molar-refractivity contribution in [3.63, 3.8) is 0 Å². The summed E-state index contributed by atoms with van der Waals surface area (Å²) in [6.07, 6.45) is 8.43. The number of carbonyl (C=O) groups excluding carboxylic acids is 2. The Morgan fingerprint density at radius 2 is 1.62 bits per heavy atom. The van der Waals surface area contributed by atoms with Crippen LogP contribution in [0.2, 0.25) is 0 Å². The fraction of sp³-hybridized carbons (Fsp3) is 0.895. The maximum absolute atomic E-state index is 13.0. The lowest BCUT2D eigenvalue weighted by Crippen LogP contribution is -2.56. The van der Waals surface area contributed by atoms with Gasteiger partial charge in [0.15, 0.2) is 0 Å². The van der Waals surface area contributed by atoms with Gasteiger partial charge in [0, 0.05) is 18.5 Å². The molecular weight excluding hydrogens is 304 g/mol.